The smallest absolute Gasteiger partial charge is 0.294 e. The third-order valence-electron chi connectivity index (χ3n) is 4.74. The van der Waals surface area contributed by atoms with E-state index in [1.54, 1.807) is 17.0 Å². The van der Waals surface area contributed by atoms with Crippen molar-refractivity contribution in [2.75, 3.05) is 31.1 Å². The maximum Gasteiger partial charge on any atom is 0.294 e. The van der Waals surface area contributed by atoms with E-state index >= 15 is 0 Å². The molecule has 4 rings (SSSR count). The number of nitro groups is 1. The molecule has 0 radical (unpaired) electrons. The lowest BCUT2D eigenvalue weighted by atomic mass is 10.2. The number of piperazine rings is 1. The van der Waals surface area contributed by atoms with Gasteiger partial charge in [-0.3, -0.25) is 14.9 Å². The molecule has 0 aliphatic carbocycles. The first-order valence-electron chi connectivity index (χ1n) is 8.99. The summed E-state index contributed by atoms with van der Waals surface area (Å²) >= 11 is 5.89. The van der Waals surface area contributed by atoms with E-state index in [1.165, 1.54) is 17.1 Å². The zero-order valence-electron chi connectivity index (χ0n) is 15.3. The average molecular weight is 413 g/mol. The van der Waals surface area contributed by atoms with Gasteiger partial charge in [0.1, 0.15) is 5.69 Å². The lowest BCUT2D eigenvalue weighted by Crippen LogP contribution is -2.49. The van der Waals surface area contributed by atoms with Crippen LogP contribution in [-0.4, -0.2) is 56.9 Å². The average Bonchev–Trinajstić information content (AvgIpc) is 3.24. The van der Waals surface area contributed by atoms with Gasteiger partial charge in [-0.1, -0.05) is 29.8 Å². The number of para-hydroxylation sites is 1. The number of hydrogen-bond donors (Lipinski definition) is 0. The molecule has 0 N–H and O–H groups in total. The fourth-order valence-electron chi connectivity index (χ4n) is 3.27. The summed E-state index contributed by atoms with van der Waals surface area (Å²) in [6, 6.07) is 14.0. The van der Waals surface area contributed by atoms with Crippen LogP contribution in [0.25, 0.3) is 5.69 Å². The number of carbonyl (C=O) groups excluding carboxylic acids is 1. The van der Waals surface area contributed by atoms with E-state index in [-0.39, 0.29) is 17.3 Å². The van der Waals surface area contributed by atoms with Gasteiger partial charge in [0.25, 0.3) is 11.6 Å². The molecule has 1 saturated heterocycles. The first kappa shape index (κ1) is 18.9. The Morgan fingerprint density at radius 1 is 1.07 bits per heavy atom. The fourth-order valence-corrected chi connectivity index (χ4v) is 3.44. The Balaban J connectivity index is 1.45. The van der Waals surface area contributed by atoms with E-state index in [0.29, 0.717) is 36.9 Å². The molecule has 10 heteroatoms. The van der Waals surface area contributed by atoms with Gasteiger partial charge in [0, 0.05) is 37.3 Å². The highest BCUT2D eigenvalue weighted by Crippen LogP contribution is 2.31. The van der Waals surface area contributed by atoms with Gasteiger partial charge in [-0.15, -0.1) is 5.10 Å². The summed E-state index contributed by atoms with van der Waals surface area (Å²) in [4.78, 5) is 28.6. The van der Waals surface area contributed by atoms with Gasteiger partial charge in [-0.25, -0.2) is 0 Å². The number of nitro benzene ring substituents is 1. The molecule has 0 bridgehead atoms. The summed E-state index contributed by atoms with van der Waals surface area (Å²) < 4.78 is 0. The maximum absolute atomic E-state index is 12.8. The van der Waals surface area contributed by atoms with Crippen LogP contribution in [-0.2, 0) is 0 Å². The Labute approximate surface area is 171 Å². The van der Waals surface area contributed by atoms with Gasteiger partial charge in [-0.05, 0) is 24.3 Å². The van der Waals surface area contributed by atoms with Crippen LogP contribution in [0, 0.1) is 10.1 Å². The van der Waals surface area contributed by atoms with Crippen molar-refractivity contribution in [2.24, 2.45) is 0 Å². The number of halogens is 1. The second kappa shape index (κ2) is 7.88. The molecule has 3 aromatic rings. The predicted molar refractivity (Wildman–Crippen MR) is 108 cm³/mol. The van der Waals surface area contributed by atoms with Crippen LogP contribution in [0.4, 0.5) is 11.4 Å². The monoisotopic (exact) mass is 412 g/mol. The van der Waals surface area contributed by atoms with Crippen LogP contribution in [0.5, 0.6) is 0 Å². The molecule has 1 fully saturated rings. The molecule has 1 aliphatic rings. The van der Waals surface area contributed by atoms with E-state index in [9.17, 15) is 14.9 Å². The normalized spacial score (nSPS) is 14.1. The number of rotatable bonds is 4. The van der Waals surface area contributed by atoms with Crippen LogP contribution in [0.2, 0.25) is 5.02 Å². The van der Waals surface area contributed by atoms with E-state index in [1.807, 2.05) is 35.2 Å². The third kappa shape index (κ3) is 3.90. The second-order valence-electron chi connectivity index (χ2n) is 6.52. The van der Waals surface area contributed by atoms with Gasteiger partial charge in [-0.2, -0.15) is 9.90 Å². The van der Waals surface area contributed by atoms with E-state index < -0.39 is 4.92 Å². The Morgan fingerprint density at radius 3 is 2.48 bits per heavy atom. The SMILES string of the molecule is O=C(c1cnn(-c2ccccc2)n1)N1CCN(c2ccc(Cl)cc2[N+](=O)[O-])CC1. The van der Waals surface area contributed by atoms with Crippen LogP contribution >= 0.6 is 11.6 Å². The highest BCUT2D eigenvalue weighted by atomic mass is 35.5. The summed E-state index contributed by atoms with van der Waals surface area (Å²) in [7, 11) is 0. The molecule has 29 heavy (non-hydrogen) atoms. The summed E-state index contributed by atoms with van der Waals surface area (Å²) in [5, 5.41) is 20.1. The minimum atomic E-state index is -0.444. The maximum atomic E-state index is 12.8. The Hall–Kier alpha value is -3.46. The number of anilines is 1. The highest BCUT2D eigenvalue weighted by molar-refractivity contribution is 6.30. The van der Waals surface area contributed by atoms with Crippen molar-refractivity contribution in [1.29, 1.82) is 0 Å². The summed E-state index contributed by atoms with van der Waals surface area (Å²) in [5.41, 5.74) is 1.50. The molecule has 2 aromatic carbocycles. The van der Waals surface area contributed by atoms with Crippen LogP contribution in [0.3, 0.4) is 0 Å². The number of hydrogen-bond acceptors (Lipinski definition) is 6. The number of carbonyl (C=O) groups is 1. The first-order valence-corrected chi connectivity index (χ1v) is 9.36. The molecule has 0 spiro atoms. The largest absolute Gasteiger partial charge is 0.362 e. The van der Waals surface area contributed by atoms with E-state index in [0.717, 1.165) is 5.69 Å². The topological polar surface area (TPSA) is 97.4 Å². The van der Waals surface area contributed by atoms with Crippen molar-refractivity contribution in [1.82, 2.24) is 19.9 Å². The van der Waals surface area contributed by atoms with Crippen molar-refractivity contribution in [3.63, 3.8) is 0 Å². The van der Waals surface area contributed by atoms with Gasteiger partial charge < -0.3 is 9.80 Å². The Bertz CT molecular complexity index is 1050. The van der Waals surface area contributed by atoms with Gasteiger partial charge in [0.15, 0.2) is 5.69 Å². The second-order valence-corrected chi connectivity index (χ2v) is 6.96. The molecule has 2 heterocycles. The van der Waals surface area contributed by atoms with Crippen molar-refractivity contribution in [3.05, 3.63) is 75.6 Å². The fraction of sp³-hybridized carbons (Fsp3) is 0.211. The quantitative estimate of drug-likeness (QED) is 0.482. The van der Waals surface area contributed by atoms with Crippen LogP contribution in [0.15, 0.2) is 54.7 Å². The zero-order valence-corrected chi connectivity index (χ0v) is 16.1. The molecular weight excluding hydrogens is 396 g/mol. The lowest BCUT2D eigenvalue weighted by molar-refractivity contribution is -0.384. The molecular formula is C19H17ClN6O3. The molecule has 148 valence electrons. The van der Waals surface area contributed by atoms with E-state index in [4.69, 9.17) is 11.6 Å². The van der Waals surface area contributed by atoms with Crippen LogP contribution in [0.1, 0.15) is 10.5 Å². The predicted octanol–water partition coefficient (Wildman–Crippen LogP) is 2.79. The summed E-state index contributed by atoms with van der Waals surface area (Å²) in [6.45, 7) is 1.80. The van der Waals surface area contributed by atoms with Crippen LogP contribution < -0.4 is 4.90 Å². The van der Waals surface area contributed by atoms with Crippen molar-refractivity contribution < 1.29 is 9.72 Å². The first-order chi connectivity index (χ1) is 14.0. The Kier molecular flexibility index (Phi) is 5.13. The minimum Gasteiger partial charge on any atom is -0.362 e. The third-order valence-corrected chi connectivity index (χ3v) is 4.97. The van der Waals surface area contributed by atoms with Crippen molar-refractivity contribution >= 4 is 28.9 Å². The van der Waals surface area contributed by atoms with Gasteiger partial charge in [0.05, 0.1) is 16.8 Å². The highest BCUT2D eigenvalue weighted by Gasteiger charge is 2.27. The molecule has 0 unspecified atom stereocenters. The molecule has 9 nitrogen and oxygen atoms in total. The van der Waals surface area contributed by atoms with Crippen molar-refractivity contribution in [3.8, 4) is 5.69 Å². The summed E-state index contributed by atoms with van der Waals surface area (Å²) in [6.07, 6.45) is 1.45. The Morgan fingerprint density at radius 2 is 1.79 bits per heavy atom. The minimum absolute atomic E-state index is 0.0388. The number of benzene rings is 2. The van der Waals surface area contributed by atoms with Gasteiger partial charge in [0.2, 0.25) is 0 Å². The molecule has 1 amide bonds. The van der Waals surface area contributed by atoms with Crippen molar-refractivity contribution in [2.45, 2.75) is 0 Å². The summed E-state index contributed by atoms with van der Waals surface area (Å²) in [5.74, 6) is -0.211. The number of amides is 1. The number of aromatic nitrogens is 3. The molecule has 0 saturated carbocycles. The standard InChI is InChI=1S/C19H17ClN6O3/c20-14-6-7-17(18(12-14)26(28)29)23-8-10-24(11-9-23)19(27)16-13-21-25(22-16)15-4-2-1-3-5-15/h1-7,12-13H,8-11H2. The molecule has 0 atom stereocenters. The molecule has 1 aliphatic heterocycles. The number of nitrogens with zero attached hydrogens (tertiary/aromatic N) is 6. The molecule has 1 aromatic heterocycles. The lowest BCUT2D eigenvalue weighted by Gasteiger charge is -2.35. The van der Waals surface area contributed by atoms with Gasteiger partial charge >= 0.3 is 0 Å². The zero-order chi connectivity index (χ0) is 20.4. The van der Waals surface area contributed by atoms with E-state index in [2.05, 4.69) is 10.2 Å².